The molecule has 0 spiro atoms. The van der Waals surface area contributed by atoms with E-state index in [-0.39, 0.29) is 11.8 Å². The average Bonchev–Trinajstić information content (AvgIpc) is 2.62. The lowest BCUT2D eigenvalue weighted by Gasteiger charge is -2.21. The third kappa shape index (κ3) is 3.66. The van der Waals surface area contributed by atoms with Crippen LogP contribution in [0.2, 0.25) is 5.02 Å². The van der Waals surface area contributed by atoms with E-state index in [9.17, 15) is 4.79 Å². The van der Waals surface area contributed by atoms with Gasteiger partial charge in [-0.1, -0.05) is 31.9 Å². The van der Waals surface area contributed by atoms with Crippen LogP contribution in [0.25, 0.3) is 0 Å². The smallest absolute Gasteiger partial charge is 0.189 e. The van der Waals surface area contributed by atoms with Crippen LogP contribution in [0.15, 0.2) is 38.9 Å². The third-order valence-electron chi connectivity index (χ3n) is 3.47. The fourth-order valence-corrected chi connectivity index (χ4v) is 3.67. The highest BCUT2D eigenvalue weighted by atomic mass is 79.9. The van der Waals surface area contributed by atoms with Crippen molar-refractivity contribution in [2.45, 2.75) is 39.2 Å². The molecule has 0 saturated heterocycles. The molecule has 1 N–H and O–H groups in total. The average molecular weight is 448 g/mol. The largest absolute Gasteiger partial charge is 0.377 e. The second kappa shape index (κ2) is 7.80. The molecular formula is C17H18Br2ClNO. The van der Waals surface area contributed by atoms with Gasteiger partial charge in [-0.05, 0) is 74.0 Å². The molecule has 0 amide bonds. The van der Waals surface area contributed by atoms with E-state index >= 15 is 0 Å². The number of halogens is 3. The maximum Gasteiger partial charge on any atom is 0.189 e. The van der Waals surface area contributed by atoms with Crippen molar-refractivity contribution in [3.05, 3.63) is 55.1 Å². The van der Waals surface area contributed by atoms with E-state index in [0.717, 1.165) is 38.5 Å². The second-order valence-corrected chi connectivity index (χ2v) is 7.42. The first kappa shape index (κ1) is 17.8. The van der Waals surface area contributed by atoms with Gasteiger partial charge in [-0.25, -0.2) is 0 Å². The highest BCUT2D eigenvalue weighted by Crippen LogP contribution is 2.35. The van der Waals surface area contributed by atoms with E-state index in [1.165, 1.54) is 6.42 Å². The molecule has 118 valence electrons. The van der Waals surface area contributed by atoms with Crippen molar-refractivity contribution < 1.29 is 4.79 Å². The SMILES string of the molecule is CCC.O=C1c2ccc(Cl)c(Br)c2CCC2=CC(Br)=CNC12. The molecule has 1 heterocycles. The highest BCUT2D eigenvalue weighted by Gasteiger charge is 2.31. The molecule has 1 unspecified atom stereocenters. The van der Waals surface area contributed by atoms with Crippen LogP contribution in [-0.2, 0) is 6.42 Å². The number of nitrogens with one attached hydrogen (secondary N) is 1. The summed E-state index contributed by atoms with van der Waals surface area (Å²) >= 11 is 13.0. The van der Waals surface area contributed by atoms with Gasteiger partial charge >= 0.3 is 0 Å². The Morgan fingerprint density at radius 1 is 1.27 bits per heavy atom. The van der Waals surface area contributed by atoms with Crippen LogP contribution < -0.4 is 5.32 Å². The fourth-order valence-electron chi connectivity index (χ4n) is 2.53. The van der Waals surface area contributed by atoms with E-state index < -0.39 is 0 Å². The lowest BCUT2D eigenvalue weighted by atomic mass is 9.97. The van der Waals surface area contributed by atoms with Crippen molar-refractivity contribution in [3.8, 4) is 0 Å². The highest BCUT2D eigenvalue weighted by molar-refractivity contribution is 9.12. The zero-order valence-electron chi connectivity index (χ0n) is 12.6. The molecule has 1 atom stereocenters. The molecule has 2 aliphatic rings. The van der Waals surface area contributed by atoms with Crippen molar-refractivity contribution in [2.75, 3.05) is 0 Å². The van der Waals surface area contributed by atoms with Crippen molar-refractivity contribution in [3.63, 3.8) is 0 Å². The number of carbonyl (C=O) groups excluding carboxylic acids is 1. The number of rotatable bonds is 0. The summed E-state index contributed by atoms with van der Waals surface area (Å²) in [6.45, 7) is 4.25. The van der Waals surface area contributed by atoms with Crippen LogP contribution >= 0.6 is 43.5 Å². The number of dihydropyridines is 1. The summed E-state index contributed by atoms with van der Waals surface area (Å²) in [4.78, 5) is 12.6. The molecule has 1 aromatic carbocycles. The number of carbonyl (C=O) groups is 1. The Morgan fingerprint density at radius 3 is 2.64 bits per heavy atom. The van der Waals surface area contributed by atoms with Gasteiger partial charge in [0.15, 0.2) is 5.78 Å². The first-order valence-corrected chi connectivity index (χ1v) is 9.29. The Bertz CT molecular complexity index is 652. The standard InChI is InChI=1S/C14H10Br2ClNO.C3H8/c15-8-5-7-1-2-9-10(3-4-11(17)12(9)16)14(19)13(7)18-6-8;1-3-2/h3-6,13,18H,1-2H2;3H2,1-2H3. The first-order chi connectivity index (χ1) is 10.5. The summed E-state index contributed by atoms with van der Waals surface area (Å²) in [5.41, 5.74) is 2.87. The summed E-state index contributed by atoms with van der Waals surface area (Å²) in [6, 6.07) is 3.34. The molecule has 0 aromatic heterocycles. The van der Waals surface area contributed by atoms with E-state index in [0.29, 0.717) is 5.02 Å². The number of benzene rings is 1. The Labute approximate surface area is 153 Å². The topological polar surface area (TPSA) is 29.1 Å². The van der Waals surface area contributed by atoms with Crippen LogP contribution in [0.1, 0.15) is 42.6 Å². The zero-order chi connectivity index (χ0) is 16.3. The Balaban J connectivity index is 0.000000545. The van der Waals surface area contributed by atoms with Crippen LogP contribution in [-0.4, -0.2) is 11.8 Å². The summed E-state index contributed by atoms with van der Waals surface area (Å²) in [5.74, 6) is 0.104. The Morgan fingerprint density at radius 2 is 1.95 bits per heavy atom. The van der Waals surface area contributed by atoms with Crippen LogP contribution in [0.3, 0.4) is 0 Å². The van der Waals surface area contributed by atoms with Crippen LogP contribution in [0.5, 0.6) is 0 Å². The normalized spacial score (nSPS) is 19.5. The van der Waals surface area contributed by atoms with Gasteiger partial charge in [0.05, 0.1) is 5.02 Å². The summed E-state index contributed by atoms with van der Waals surface area (Å²) in [5, 5.41) is 3.81. The van der Waals surface area contributed by atoms with Gasteiger partial charge < -0.3 is 5.32 Å². The lowest BCUT2D eigenvalue weighted by molar-refractivity contribution is 0.0964. The quantitative estimate of drug-likeness (QED) is 0.546. The number of Topliss-reactive ketones (excluding diaryl/α,β-unsaturated/α-hetero) is 1. The predicted molar refractivity (Wildman–Crippen MR) is 99.8 cm³/mol. The van der Waals surface area contributed by atoms with E-state index in [1.807, 2.05) is 18.3 Å². The van der Waals surface area contributed by atoms with Gasteiger partial charge in [-0.3, -0.25) is 4.79 Å². The minimum absolute atomic E-state index is 0.104. The molecule has 5 heteroatoms. The first-order valence-electron chi connectivity index (χ1n) is 7.32. The van der Waals surface area contributed by atoms with E-state index in [1.54, 1.807) is 6.07 Å². The van der Waals surface area contributed by atoms with Crippen molar-refractivity contribution in [1.82, 2.24) is 5.32 Å². The monoisotopic (exact) mass is 445 g/mol. The van der Waals surface area contributed by atoms with Gasteiger partial charge in [0, 0.05) is 20.7 Å². The number of ketones is 1. The molecule has 3 rings (SSSR count). The molecule has 0 bridgehead atoms. The Kier molecular flexibility index (Phi) is 6.30. The third-order valence-corrected chi connectivity index (χ3v) is 5.38. The van der Waals surface area contributed by atoms with Crippen molar-refractivity contribution in [2.24, 2.45) is 0 Å². The van der Waals surface area contributed by atoms with Gasteiger partial charge in [-0.2, -0.15) is 0 Å². The number of hydrogen-bond donors (Lipinski definition) is 1. The summed E-state index contributed by atoms with van der Waals surface area (Å²) in [6.07, 6.45) is 6.76. The summed E-state index contributed by atoms with van der Waals surface area (Å²) in [7, 11) is 0. The van der Waals surface area contributed by atoms with Gasteiger partial charge in [0.2, 0.25) is 0 Å². The van der Waals surface area contributed by atoms with Crippen LogP contribution in [0.4, 0.5) is 0 Å². The molecule has 0 fully saturated rings. The van der Waals surface area contributed by atoms with Crippen molar-refractivity contribution >= 4 is 49.2 Å². The molecule has 22 heavy (non-hydrogen) atoms. The molecule has 1 aliphatic carbocycles. The van der Waals surface area contributed by atoms with Crippen molar-refractivity contribution in [1.29, 1.82) is 0 Å². The molecule has 1 aliphatic heterocycles. The minimum Gasteiger partial charge on any atom is -0.377 e. The van der Waals surface area contributed by atoms with E-state index in [4.69, 9.17) is 11.6 Å². The van der Waals surface area contributed by atoms with E-state index in [2.05, 4.69) is 51.0 Å². The van der Waals surface area contributed by atoms with Crippen LogP contribution in [0, 0.1) is 0 Å². The second-order valence-electron chi connectivity index (χ2n) is 5.31. The predicted octanol–water partition coefficient (Wildman–Crippen LogP) is 5.78. The maximum atomic E-state index is 12.6. The zero-order valence-corrected chi connectivity index (χ0v) is 16.5. The molecule has 0 saturated carbocycles. The lowest BCUT2D eigenvalue weighted by Crippen LogP contribution is -2.36. The number of allylic oxidation sites excluding steroid dienone is 2. The Hall–Kier alpha value is -0.580. The molecule has 0 radical (unpaired) electrons. The van der Waals surface area contributed by atoms with Gasteiger partial charge in [-0.15, -0.1) is 0 Å². The summed E-state index contributed by atoms with van der Waals surface area (Å²) < 4.78 is 1.81. The molecule has 2 nitrogen and oxygen atoms in total. The fraction of sp³-hybridized carbons (Fsp3) is 0.353. The maximum absolute atomic E-state index is 12.6. The number of hydrogen-bond acceptors (Lipinski definition) is 2. The molecular weight excluding hydrogens is 429 g/mol. The minimum atomic E-state index is -0.254. The van der Waals surface area contributed by atoms with Gasteiger partial charge in [0.25, 0.3) is 0 Å². The van der Waals surface area contributed by atoms with Gasteiger partial charge in [0.1, 0.15) is 6.04 Å². The number of fused-ring (bicyclic) bond motifs is 2. The molecule has 1 aromatic rings.